The van der Waals surface area contributed by atoms with Crippen molar-refractivity contribution in [1.82, 2.24) is 9.55 Å². The van der Waals surface area contributed by atoms with Gasteiger partial charge in [-0.2, -0.15) is 0 Å². The summed E-state index contributed by atoms with van der Waals surface area (Å²) < 4.78 is 7.24. The Morgan fingerprint density at radius 2 is 2.00 bits per heavy atom. The number of thiophene rings is 1. The van der Waals surface area contributed by atoms with E-state index in [2.05, 4.69) is 11.1 Å². The number of aryl methyl sites for hydroxylation is 2. The molecule has 0 amide bonds. The van der Waals surface area contributed by atoms with E-state index in [1.54, 1.807) is 6.07 Å². The first kappa shape index (κ1) is 16.7. The number of hydrogen-bond donors (Lipinski definition) is 1. The van der Waals surface area contributed by atoms with Crippen LogP contribution in [0.5, 0.6) is 5.75 Å². The highest BCUT2D eigenvalue weighted by atomic mass is 32.1. The molecule has 0 aliphatic carbocycles. The van der Waals surface area contributed by atoms with E-state index in [4.69, 9.17) is 4.74 Å². The van der Waals surface area contributed by atoms with Gasteiger partial charge in [-0.25, -0.2) is 4.98 Å². The molecule has 5 nitrogen and oxygen atoms in total. The number of fused-ring (bicyclic) bond motifs is 1. The van der Waals surface area contributed by atoms with Crippen LogP contribution >= 0.6 is 11.3 Å². The molecule has 0 unspecified atom stereocenters. The van der Waals surface area contributed by atoms with Crippen LogP contribution in [-0.2, 0) is 6.54 Å². The first-order chi connectivity index (χ1) is 11.5. The predicted octanol–water partition coefficient (Wildman–Crippen LogP) is 2.82. The van der Waals surface area contributed by atoms with Gasteiger partial charge in [0.1, 0.15) is 23.3 Å². The van der Waals surface area contributed by atoms with Gasteiger partial charge in [0, 0.05) is 0 Å². The fourth-order valence-electron chi connectivity index (χ4n) is 2.63. The van der Waals surface area contributed by atoms with E-state index in [9.17, 15) is 9.90 Å². The van der Waals surface area contributed by atoms with Crippen LogP contribution in [0.15, 0.2) is 34.7 Å². The third kappa shape index (κ3) is 3.20. The first-order valence-electron chi connectivity index (χ1n) is 7.77. The molecule has 1 atom stereocenters. The van der Waals surface area contributed by atoms with Gasteiger partial charge in [0.15, 0.2) is 0 Å². The molecule has 1 aromatic carbocycles. The lowest BCUT2D eigenvalue weighted by molar-refractivity contribution is 0.0908. The predicted molar refractivity (Wildman–Crippen MR) is 96.0 cm³/mol. The molecular weight excluding hydrogens is 324 g/mol. The number of ether oxygens (including phenoxy) is 1. The number of aliphatic hydroxyl groups is 1. The Kier molecular flexibility index (Phi) is 4.69. The number of aliphatic hydroxyl groups excluding tert-OH is 1. The van der Waals surface area contributed by atoms with Gasteiger partial charge in [-0.3, -0.25) is 9.36 Å². The zero-order valence-corrected chi connectivity index (χ0v) is 14.8. The monoisotopic (exact) mass is 344 g/mol. The maximum atomic E-state index is 12.3. The van der Waals surface area contributed by atoms with Gasteiger partial charge in [0.05, 0.1) is 18.3 Å². The summed E-state index contributed by atoms with van der Waals surface area (Å²) in [7, 11) is 0. The van der Waals surface area contributed by atoms with Crippen molar-refractivity contribution in [3.05, 3.63) is 57.0 Å². The van der Waals surface area contributed by atoms with E-state index in [-0.39, 0.29) is 18.7 Å². The van der Waals surface area contributed by atoms with E-state index >= 15 is 0 Å². The van der Waals surface area contributed by atoms with Gasteiger partial charge in [-0.1, -0.05) is 12.1 Å². The number of aromatic nitrogens is 2. The summed E-state index contributed by atoms with van der Waals surface area (Å²) in [6.45, 7) is 6.29. The smallest absolute Gasteiger partial charge is 0.262 e. The Balaban J connectivity index is 1.72. The van der Waals surface area contributed by atoms with Gasteiger partial charge in [0.2, 0.25) is 0 Å². The van der Waals surface area contributed by atoms with Crippen LogP contribution < -0.4 is 10.3 Å². The van der Waals surface area contributed by atoms with E-state index in [1.165, 1.54) is 22.2 Å². The molecule has 0 aliphatic heterocycles. The summed E-state index contributed by atoms with van der Waals surface area (Å²) in [5.41, 5.74) is 3.11. The van der Waals surface area contributed by atoms with E-state index < -0.39 is 6.10 Å². The standard InChI is InChI=1S/C18H20N2O3S/c1-11-4-5-12(2)16(13(11)3)23-9-14(21)8-20-10-19-17-15(18(20)22)6-7-24-17/h4-7,10,14,21H,8-9H2,1-3H3/t14-/m1/s1. The SMILES string of the molecule is Cc1ccc(C)c(OC[C@H](O)Cn2cnc3sccc3c2=O)c1C. The van der Waals surface area contributed by atoms with Crippen LogP contribution in [-0.4, -0.2) is 27.4 Å². The maximum absolute atomic E-state index is 12.3. The minimum Gasteiger partial charge on any atom is -0.490 e. The second-order valence-corrected chi connectivity index (χ2v) is 6.85. The minimum absolute atomic E-state index is 0.124. The van der Waals surface area contributed by atoms with Crippen LogP contribution in [0, 0.1) is 20.8 Å². The van der Waals surface area contributed by atoms with Crippen molar-refractivity contribution < 1.29 is 9.84 Å². The molecule has 24 heavy (non-hydrogen) atoms. The molecule has 0 saturated carbocycles. The van der Waals surface area contributed by atoms with Gasteiger partial charge in [-0.15, -0.1) is 11.3 Å². The number of benzene rings is 1. The number of nitrogens with zero attached hydrogens (tertiary/aromatic N) is 2. The summed E-state index contributed by atoms with van der Waals surface area (Å²) in [6, 6.07) is 5.81. The molecule has 1 N–H and O–H groups in total. The molecule has 3 rings (SSSR count). The average molecular weight is 344 g/mol. The molecule has 126 valence electrons. The highest BCUT2D eigenvalue weighted by Crippen LogP contribution is 2.25. The van der Waals surface area contributed by atoms with Crippen molar-refractivity contribution in [2.75, 3.05) is 6.61 Å². The summed E-state index contributed by atoms with van der Waals surface area (Å²) >= 11 is 1.43. The lowest BCUT2D eigenvalue weighted by Crippen LogP contribution is -2.30. The Hall–Kier alpha value is -2.18. The molecule has 0 fully saturated rings. The largest absolute Gasteiger partial charge is 0.490 e. The number of rotatable bonds is 5. The van der Waals surface area contributed by atoms with Gasteiger partial charge >= 0.3 is 0 Å². The molecule has 0 aliphatic rings. The Bertz CT molecular complexity index is 930. The van der Waals surface area contributed by atoms with Crippen molar-refractivity contribution in [1.29, 1.82) is 0 Å². The van der Waals surface area contributed by atoms with Crippen LogP contribution in [0.1, 0.15) is 16.7 Å². The lowest BCUT2D eigenvalue weighted by Gasteiger charge is -2.17. The maximum Gasteiger partial charge on any atom is 0.262 e. The molecule has 0 radical (unpaired) electrons. The second-order valence-electron chi connectivity index (χ2n) is 5.96. The second kappa shape index (κ2) is 6.75. The zero-order chi connectivity index (χ0) is 17.3. The molecule has 0 spiro atoms. The van der Waals surface area contributed by atoms with Crippen LogP contribution in [0.3, 0.4) is 0 Å². The van der Waals surface area contributed by atoms with Crippen molar-refractivity contribution in [2.24, 2.45) is 0 Å². The third-order valence-corrected chi connectivity index (χ3v) is 4.97. The molecule has 2 heterocycles. The lowest BCUT2D eigenvalue weighted by atomic mass is 10.1. The first-order valence-corrected chi connectivity index (χ1v) is 8.65. The Morgan fingerprint density at radius 3 is 2.79 bits per heavy atom. The molecule has 2 aromatic heterocycles. The highest BCUT2D eigenvalue weighted by Gasteiger charge is 2.13. The Labute approximate surface area is 144 Å². The van der Waals surface area contributed by atoms with Gasteiger partial charge in [0.25, 0.3) is 5.56 Å². The van der Waals surface area contributed by atoms with Crippen molar-refractivity contribution in [2.45, 2.75) is 33.4 Å². The topological polar surface area (TPSA) is 64.3 Å². The Morgan fingerprint density at radius 1 is 1.25 bits per heavy atom. The molecular formula is C18H20N2O3S. The zero-order valence-electron chi connectivity index (χ0n) is 13.9. The highest BCUT2D eigenvalue weighted by molar-refractivity contribution is 7.16. The molecule has 6 heteroatoms. The quantitative estimate of drug-likeness (QED) is 0.773. The summed E-state index contributed by atoms with van der Waals surface area (Å²) in [4.78, 5) is 17.3. The fourth-order valence-corrected chi connectivity index (χ4v) is 3.35. The third-order valence-electron chi connectivity index (χ3n) is 4.15. The van der Waals surface area contributed by atoms with E-state index in [0.29, 0.717) is 10.2 Å². The van der Waals surface area contributed by atoms with Gasteiger partial charge < -0.3 is 9.84 Å². The molecule has 0 bridgehead atoms. The van der Waals surface area contributed by atoms with Crippen molar-refractivity contribution >= 4 is 21.6 Å². The van der Waals surface area contributed by atoms with Gasteiger partial charge in [-0.05, 0) is 48.9 Å². The molecule has 0 saturated heterocycles. The van der Waals surface area contributed by atoms with Crippen LogP contribution in [0.4, 0.5) is 0 Å². The summed E-state index contributed by atoms with van der Waals surface area (Å²) in [5.74, 6) is 0.799. The van der Waals surface area contributed by atoms with E-state index in [1.807, 2.05) is 32.2 Å². The minimum atomic E-state index is -0.792. The van der Waals surface area contributed by atoms with Crippen molar-refractivity contribution in [3.63, 3.8) is 0 Å². The average Bonchev–Trinajstić information content (AvgIpc) is 3.03. The summed E-state index contributed by atoms with van der Waals surface area (Å²) in [6.07, 6.45) is 0.688. The fraction of sp³-hybridized carbons (Fsp3) is 0.333. The van der Waals surface area contributed by atoms with Crippen molar-refractivity contribution in [3.8, 4) is 5.75 Å². The number of hydrogen-bond acceptors (Lipinski definition) is 5. The molecule has 3 aromatic rings. The van der Waals surface area contributed by atoms with E-state index in [0.717, 1.165) is 22.4 Å². The van der Waals surface area contributed by atoms with Crippen LogP contribution in [0.2, 0.25) is 0 Å². The van der Waals surface area contributed by atoms with Crippen LogP contribution in [0.25, 0.3) is 10.2 Å². The normalized spacial score (nSPS) is 12.5. The summed E-state index contributed by atoms with van der Waals surface area (Å²) in [5, 5.41) is 12.7.